The van der Waals surface area contributed by atoms with Crippen LogP contribution in [0.15, 0.2) is 60.7 Å². The van der Waals surface area contributed by atoms with Crippen molar-refractivity contribution in [3.05, 3.63) is 82.9 Å². The Labute approximate surface area is 183 Å². The summed E-state index contributed by atoms with van der Waals surface area (Å²) in [5.74, 6) is -0.228. The summed E-state index contributed by atoms with van der Waals surface area (Å²) in [6, 6.07) is 21.1. The first-order chi connectivity index (χ1) is 14.8. The molecule has 0 amide bonds. The number of benzene rings is 3. The monoisotopic (exact) mass is 411 g/mol. The number of aromatic carboxylic acids is 1. The van der Waals surface area contributed by atoms with Crippen LogP contribution in [0.25, 0.3) is 21.8 Å². The third-order valence-electron chi connectivity index (χ3n) is 7.07. The second-order valence-corrected chi connectivity index (χ2v) is 9.91. The zero-order chi connectivity index (χ0) is 21.8. The number of carboxylic acids is 1. The van der Waals surface area contributed by atoms with Crippen LogP contribution in [0.1, 0.15) is 60.7 Å². The Balaban J connectivity index is 1.73. The van der Waals surface area contributed by atoms with Crippen molar-refractivity contribution in [3.8, 4) is 0 Å². The van der Waals surface area contributed by atoms with Crippen LogP contribution in [-0.4, -0.2) is 15.6 Å². The van der Waals surface area contributed by atoms with Crippen molar-refractivity contribution in [2.45, 2.75) is 52.0 Å². The van der Waals surface area contributed by atoms with Crippen molar-refractivity contribution < 1.29 is 9.90 Å². The molecule has 0 fully saturated rings. The van der Waals surface area contributed by atoms with Gasteiger partial charge in [-0.1, -0.05) is 45.0 Å². The lowest BCUT2D eigenvalue weighted by atomic mass is 9.78. The van der Waals surface area contributed by atoms with Crippen molar-refractivity contribution >= 4 is 27.8 Å². The van der Waals surface area contributed by atoms with Gasteiger partial charge in [0.15, 0.2) is 0 Å². The topological polar surface area (TPSA) is 42.2 Å². The molecule has 3 nitrogen and oxygen atoms in total. The van der Waals surface area contributed by atoms with Crippen LogP contribution in [-0.2, 0) is 18.4 Å². The molecular formula is C28H29NO2. The Bertz CT molecular complexity index is 1310. The quantitative estimate of drug-likeness (QED) is 0.403. The Morgan fingerprint density at radius 1 is 1.03 bits per heavy atom. The van der Waals surface area contributed by atoms with Crippen molar-refractivity contribution in [3.63, 3.8) is 0 Å². The molecule has 1 unspecified atom stereocenters. The number of hydrogen-bond donors (Lipinski definition) is 1. The van der Waals surface area contributed by atoms with Gasteiger partial charge < -0.3 is 9.67 Å². The van der Waals surface area contributed by atoms with Gasteiger partial charge in [-0.25, -0.2) is 4.79 Å². The molecule has 31 heavy (non-hydrogen) atoms. The van der Waals surface area contributed by atoms with Crippen molar-refractivity contribution in [2.75, 3.05) is 0 Å². The number of nitrogens with zero attached hydrogens (tertiary/aromatic N) is 1. The molecule has 1 aromatic heterocycles. The highest BCUT2D eigenvalue weighted by Gasteiger charge is 2.24. The molecule has 5 rings (SSSR count). The molecule has 4 aromatic rings. The summed E-state index contributed by atoms with van der Waals surface area (Å²) < 4.78 is 2.33. The van der Waals surface area contributed by atoms with Gasteiger partial charge in [-0.3, -0.25) is 0 Å². The minimum atomic E-state index is -0.885. The van der Waals surface area contributed by atoms with Crippen LogP contribution in [0.2, 0.25) is 0 Å². The van der Waals surface area contributed by atoms with Crippen molar-refractivity contribution in [2.24, 2.45) is 5.92 Å². The molecular weight excluding hydrogens is 382 g/mol. The lowest BCUT2D eigenvalue weighted by molar-refractivity contribution is 0.0696. The van der Waals surface area contributed by atoms with E-state index in [1.54, 1.807) is 12.1 Å². The second kappa shape index (κ2) is 7.26. The van der Waals surface area contributed by atoms with E-state index in [4.69, 9.17) is 0 Å². The van der Waals surface area contributed by atoms with Crippen LogP contribution in [0, 0.1) is 5.92 Å². The van der Waals surface area contributed by atoms with Crippen LogP contribution in [0.5, 0.6) is 0 Å². The highest BCUT2D eigenvalue weighted by Crippen LogP contribution is 2.38. The molecule has 0 spiro atoms. The molecule has 1 atom stereocenters. The largest absolute Gasteiger partial charge is 0.478 e. The smallest absolute Gasteiger partial charge is 0.335 e. The van der Waals surface area contributed by atoms with Crippen molar-refractivity contribution in [1.29, 1.82) is 0 Å². The van der Waals surface area contributed by atoms with E-state index >= 15 is 0 Å². The van der Waals surface area contributed by atoms with Gasteiger partial charge in [0.25, 0.3) is 0 Å². The number of aromatic nitrogens is 1. The maximum Gasteiger partial charge on any atom is 0.335 e. The average Bonchev–Trinajstić information content (AvgIpc) is 3.04. The fourth-order valence-electron chi connectivity index (χ4n) is 5.11. The number of carbonyl (C=O) groups is 1. The van der Waals surface area contributed by atoms with Gasteiger partial charge in [-0.05, 0) is 83.7 Å². The maximum atomic E-state index is 11.4. The molecule has 4 bridgehead atoms. The summed E-state index contributed by atoms with van der Waals surface area (Å²) in [6.45, 7) is 7.74. The van der Waals surface area contributed by atoms with Gasteiger partial charge in [-0.15, -0.1) is 0 Å². The number of hydrogen-bond acceptors (Lipinski definition) is 1. The first-order valence-electron chi connectivity index (χ1n) is 11.2. The molecule has 1 aliphatic rings. The third-order valence-corrected chi connectivity index (χ3v) is 7.07. The van der Waals surface area contributed by atoms with E-state index in [2.05, 4.69) is 61.7 Å². The summed E-state index contributed by atoms with van der Waals surface area (Å²) >= 11 is 0. The summed E-state index contributed by atoms with van der Waals surface area (Å²) in [5, 5.41) is 12.0. The molecule has 0 radical (unpaired) electrons. The molecule has 158 valence electrons. The van der Waals surface area contributed by atoms with E-state index in [0.29, 0.717) is 18.0 Å². The number of carboxylic acid groups (broad SMARTS) is 1. The van der Waals surface area contributed by atoms with E-state index in [0.717, 1.165) is 12.0 Å². The van der Waals surface area contributed by atoms with E-state index in [-0.39, 0.29) is 5.41 Å². The minimum absolute atomic E-state index is 0.143. The van der Waals surface area contributed by atoms with Crippen LogP contribution < -0.4 is 0 Å². The molecule has 3 aromatic carbocycles. The molecule has 1 N–H and O–H groups in total. The van der Waals surface area contributed by atoms with Crippen LogP contribution in [0.4, 0.5) is 0 Å². The third kappa shape index (κ3) is 3.52. The van der Waals surface area contributed by atoms with Gasteiger partial charge in [-0.2, -0.15) is 0 Å². The molecule has 3 heteroatoms. The van der Waals surface area contributed by atoms with Crippen LogP contribution in [0.3, 0.4) is 0 Å². The molecule has 1 heterocycles. The second-order valence-electron chi connectivity index (χ2n) is 9.91. The van der Waals surface area contributed by atoms with E-state index < -0.39 is 5.97 Å². The highest BCUT2D eigenvalue weighted by atomic mass is 16.4. The average molecular weight is 412 g/mol. The van der Waals surface area contributed by atoms with Gasteiger partial charge >= 0.3 is 5.97 Å². The first kappa shape index (κ1) is 19.9. The molecule has 0 saturated heterocycles. The van der Waals surface area contributed by atoms with Crippen LogP contribution >= 0.6 is 0 Å². The summed E-state index contributed by atoms with van der Waals surface area (Å²) in [5.41, 5.74) is 6.69. The predicted molar refractivity (Wildman–Crippen MR) is 127 cm³/mol. The molecule has 0 aliphatic heterocycles. The Morgan fingerprint density at radius 3 is 2.55 bits per heavy atom. The number of rotatable bonds is 3. The maximum absolute atomic E-state index is 11.4. The van der Waals surface area contributed by atoms with Gasteiger partial charge in [0.2, 0.25) is 0 Å². The fraction of sp³-hybridized carbons (Fsp3) is 0.321. The molecule has 0 saturated carbocycles. The van der Waals surface area contributed by atoms with Gasteiger partial charge in [0, 0.05) is 28.4 Å². The van der Waals surface area contributed by atoms with Gasteiger partial charge in [0.1, 0.15) is 0 Å². The fourth-order valence-corrected chi connectivity index (χ4v) is 5.11. The zero-order valence-electron chi connectivity index (χ0n) is 18.5. The predicted octanol–water partition coefficient (Wildman–Crippen LogP) is 6.79. The van der Waals surface area contributed by atoms with Crippen molar-refractivity contribution in [1.82, 2.24) is 4.57 Å². The SMILES string of the molecule is CC1CCC(C)(C)c2ccc3c(c2)c2cc(ccc2n3Cc2cccc(C(=O)O)c2)C1. The lowest BCUT2D eigenvalue weighted by Crippen LogP contribution is -2.18. The summed E-state index contributed by atoms with van der Waals surface area (Å²) in [6.07, 6.45) is 3.52. The molecule has 1 aliphatic carbocycles. The standard InChI is InChI=1S/C28H29NO2/c1-18-11-12-28(2,3)22-8-10-26-24(16-22)23-15-19(13-18)7-9-25(23)29(26)17-20-5-4-6-21(14-20)27(30)31/h4-10,14-16,18H,11-13,17H2,1-3H3,(H,30,31). The minimum Gasteiger partial charge on any atom is -0.478 e. The normalized spacial score (nSPS) is 18.1. The van der Waals surface area contributed by atoms with E-state index in [1.165, 1.54) is 45.8 Å². The zero-order valence-corrected chi connectivity index (χ0v) is 18.5. The Hall–Kier alpha value is -3.07. The van der Waals surface area contributed by atoms with E-state index in [9.17, 15) is 9.90 Å². The summed E-state index contributed by atoms with van der Waals surface area (Å²) in [7, 11) is 0. The Morgan fingerprint density at radius 2 is 1.77 bits per heavy atom. The highest BCUT2D eigenvalue weighted by molar-refractivity contribution is 6.08. The number of fused-ring (bicyclic) bond motifs is 2. The van der Waals surface area contributed by atoms with Gasteiger partial charge in [0.05, 0.1) is 5.56 Å². The Kier molecular flexibility index (Phi) is 4.65. The van der Waals surface area contributed by atoms with E-state index in [1.807, 2.05) is 12.1 Å². The lowest BCUT2D eigenvalue weighted by Gasteiger charge is -2.27. The summed E-state index contributed by atoms with van der Waals surface area (Å²) in [4.78, 5) is 11.4. The first-order valence-corrected chi connectivity index (χ1v) is 11.2.